The van der Waals surface area contributed by atoms with Crippen molar-refractivity contribution in [2.24, 2.45) is 0 Å². The summed E-state index contributed by atoms with van der Waals surface area (Å²) in [4.78, 5) is 41.1. The van der Waals surface area contributed by atoms with Crippen molar-refractivity contribution in [2.75, 3.05) is 20.1 Å². The van der Waals surface area contributed by atoms with Gasteiger partial charge in [0.25, 0.3) is 11.8 Å². The van der Waals surface area contributed by atoms with Gasteiger partial charge in [0.2, 0.25) is 0 Å². The van der Waals surface area contributed by atoms with Crippen LogP contribution in [0.3, 0.4) is 0 Å². The summed E-state index contributed by atoms with van der Waals surface area (Å²) >= 11 is 1.47. The van der Waals surface area contributed by atoms with Crippen LogP contribution in [0, 0.1) is 20.8 Å². The first-order valence-electron chi connectivity index (χ1n) is 10.8. The molecule has 1 N–H and O–H groups in total. The van der Waals surface area contributed by atoms with Gasteiger partial charge in [-0.05, 0) is 57.4 Å². The minimum atomic E-state index is -0.207. The molecule has 1 aliphatic heterocycles. The van der Waals surface area contributed by atoms with E-state index in [9.17, 15) is 9.59 Å². The fourth-order valence-corrected chi connectivity index (χ4v) is 5.06. The number of amides is 2. The van der Waals surface area contributed by atoms with Gasteiger partial charge in [-0.25, -0.2) is 4.98 Å². The Balaban J connectivity index is 1.57. The van der Waals surface area contributed by atoms with Gasteiger partial charge in [0.1, 0.15) is 10.6 Å². The molecule has 1 fully saturated rings. The second kappa shape index (κ2) is 9.16. The van der Waals surface area contributed by atoms with Crippen molar-refractivity contribution in [1.82, 2.24) is 25.2 Å². The fourth-order valence-electron chi connectivity index (χ4n) is 4.17. The Bertz CT molecular complexity index is 1160. The van der Waals surface area contributed by atoms with Crippen LogP contribution < -0.4 is 5.32 Å². The van der Waals surface area contributed by atoms with Gasteiger partial charge in [0, 0.05) is 49.2 Å². The van der Waals surface area contributed by atoms with Crippen molar-refractivity contribution < 1.29 is 9.59 Å². The summed E-state index contributed by atoms with van der Waals surface area (Å²) in [6, 6.07) is 7.74. The third kappa shape index (κ3) is 4.55. The van der Waals surface area contributed by atoms with Crippen molar-refractivity contribution in [1.29, 1.82) is 0 Å². The molecule has 1 atom stereocenters. The Morgan fingerprint density at radius 3 is 2.59 bits per heavy atom. The highest BCUT2D eigenvalue weighted by Crippen LogP contribution is 2.31. The number of nitrogens with zero attached hydrogens (tertiary/aromatic N) is 4. The summed E-state index contributed by atoms with van der Waals surface area (Å²) in [5, 5.41) is 3.50. The highest BCUT2D eigenvalue weighted by atomic mass is 32.1. The lowest BCUT2D eigenvalue weighted by atomic mass is 9.92. The summed E-state index contributed by atoms with van der Waals surface area (Å²) in [5.74, 6) is 0.0416. The summed E-state index contributed by atoms with van der Waals surface area (Å²) in [6.07, 6.45) is 3.66. The van der Waals surface area contributed by atoms with E-state index in [1.54, 1.807) is 19.3 Å². The molecule has 2 amide bonds. The van der Waals surface area contributed by atoms with Crippen molar-refractivity contribution in [2.45, 2.75) is 39.5 Å². The average molecular weight is 450 g/mol. The molecule has 0 aromatic carbocycles. The van der Waals surface area contributed by atoms with Crippen LogP contribution in [0.2, 0.25) is 0 Å². The van der Waals surface area contributed by atoms with Crippen LogP contribution in [-0.2, 0) is 0 Å². The average Bonchev–Trinajstić information content (AvgIpc) is 3.15. The highest BCUT2D eigenvalue weighted by Gasteiger charge is 2.28. The summed E-state index contributed by atoms with van der Waals surface area (Å²) in [7, 11) is 1.59. The molecule has 0 radical (unpaired) electrons. The predicted octanol–water partition coefficient (Wildman–Crippen LogP) is 3.90. The first-order valence-corrected chi connectivity index (χ1v) is 11.6. The monoisotopic (exact) mass is 449 g/mol. The van der Waals surface area contributed by atoms with Crippen LogP contribution in [0.1, 0.15) is 61.0 Å². The molecule has 0 bridgehead atoms. The molecule has 0 spiro atoms. The number of carbonyl (C=O) groups excluding carboxylic acids is 2. The van der Waals surface area contributed by atoms with Gasteiger partial charge >= 0.3 is 0 Å². The smallest absolute Gasteiger partial charge is 0.269 e. The number of aromatic nitrogens is 3. The molecule has 32 heavy (non-hydrogen) atoms. The SMILES string of the molecule is CNC(=O)c1ccc(-c2cc(C)nc([C@H]3CCCN(C(=O)c4sc(C)nc4C)C3)c2)cn1. The maximum atomic E-state index is 13.1. The molecular formula is C24H27N5O2S. The van der Waals surface area contributed by atoms with E-state index in [1.807, 2.05) is 37.8 Å². The van der Waals surface area contributed by atoms with Crippen LogP contribution in [-0.4, -0.2) is 51.8 Å². The topological polar surface area (TPSA) is 88.1 Å². The predicted molar refractivity (Wildman–Crippen MR) is 125 cm³/mol. The summed E-state index contributed by atoms with van der Waals surface area (Å²) < 4.78 is 0. The van der Waals surface area contributed by atoms with Crippen LogP contribution in [0.25, 0.3) is 11.1 Å². The normalized spacial score (nSPS) is 16.1. The number of hydrogen-bond acceptors (Lipinski definition) is 6. The van der Waals surface area contributed by atoms with Gasteiger partial charge in [-0.1, -0.05) is 6.07 Å². The molecule has 4 heterocycles. The van der Waals surface area contributed by atoms with E-state index in [4.69, 9.17) is 4.98 Å². The second-order valence-corrected chi connectivity index (χ2v) is 9.37. The van der Waals surface area contributed by atoms with E-state index >= 15 is 0 Å². The molecule has 3 aromatic heterocycles. The van der Waals surface area contributed by atoms with E-state index in [0.717, 1.165) is 57.5 Å². The third-order valence-corrected chi connectivity index (χ3v) is 6.82. The number of carbonyl (C=O) groups is 2. The highest BCUT2D eigenvalue weighted by molar-refractivity contribution is 7.13. The van der Waals surface area contributed by atoms with Crippen LogP contribution in [0.4, 0.5) is 0 Å². The van der Waals surface area contributed by atoms with E-state index in [0.29, 0.717) is 12.2 Å². The zero-order chi connectivity index (χ0) is 22.8. The van der Waals surface area contributed by atoms with Crippen LogP contribution in [0.15, 0.2) is 30.5 Å². The number of rotatable bonds is 4. The van der Waals surface area contributed by atoms with Gasteiger partial charge in [0.05, 0.1) is 10.7 Å². The third-order valence-electron chi connectivity index (χ3n) is 5.75. The molecule has 0 aliphatic carbocycles. The van der Waals surface area contributed by atoms with E-state index in [2.05, 4.69) is 21.4 Å². The molecule has 0 unspecified atom stereocenters. The van der Waals surface area contributed by atoms with Crippen molar-refractivity contribution in [3.63, 3.8) is 0 Å². The summed E-state index contributed by atoms with van der Waals surface area (Å²) in [6.45, 7) is 7.22. The maximum absolute atomic E-state index is 13.1. The molecular weight excluding hydrogens is 422 g/mol. The standard InChI is InChI=1S/C24H27N5O2S/c1-14-10-19(17-7-8-20(26-12-17)23(30)25-4)11-21(27-14)18-6-5-9-29(13-18)24(31)22-15(2)28-16(3)32-22/h7-8,10-12,18H,5-6,9,13H2,1-4H3,(H,25,30)/t18-/m0/s1. The lowest BCUT2D eigenvalue weighted by Gasteiger charge is -2.32. The molecule has 3 aromatic rings. The van der Waals surface area contributed by atoms with Crippen molar-refractivity contribution in [3.8, 4) is 11.1 Å². The van der Waals surface area contributed by atoms with E-state index < -0.39 is 0 Å². The van der Waals surface area contributed by atoms with Gasteiger partial charge in [-0.15, -0.1) is 11.3 Å². The number of aryl methyl sites for hydroxylation is 3. The Morgan fingerprint density at radius 1 is 1.12 bits per heavy atom. The molecule has 7 nitrogen and oxygen atoms in total. The van der Waals surface area contributed by atoms with Crippen LogP contribution >= 0.6 is 11.3 Å². The second-order valence-electron chi connectivity index (χ2n) is 8.17. The molecule has 1 saturated heterocycles. The number of piperidine rings is 1. The maximum Gasteiger partial charge on any atom is 0.269 e. The van der Waals surface area contributed by atoms with E-state index in [-0.39, 0.29) is 17.7 Å². The van der Waals surface area contributed by atoms with Gasteiger partial charge < -0.3 is 10.2 Å². The van der Waals surface area contributed by atoms with Gasteiger partial charge in [0.15, 0.2) is 0 Å². The zero-order valence-corrected chi connectivity index (χ0v) is 19.6. The van der Waals surface area contributed by atoms with E-state index in [1.165, 1.54) is 11.3 Å². The number of hydrogen-bond donors (Lipinski definition) is 1. The van der Waals surface area contributed by atoms with Crippen molar-refractivity contribution >= 4 is 23.2 Å². The van der Waals surface area contributed by atoms with Crippen LogP contribution in [0.5, 0.6) is 0 Å². The summed E-state index contributed by atoms with van der Waals surface area (Å²) in [5.41, 5.74) is 5.06. The number of likely N-dealkylation sites (tertiary alicyclic amines) is 1. The van der Waals surface area contributed by atoms with Crippen molar-refractivity contribution in [3.05, 3.63) is 63.1 Å². The molecule has 8 heteroatoms. The largest absolute Gasteiger partial charge is 0.354 e. The number of thiazole rings is 1. The first-order chi connectivity index (χ1) is 15.4. The zero-order valence-electron chi connectivity index (χ0n) is 18.8. The lowest BCUT2D eigenvalue weighted by molar-refractivity contribution is 0.0709. The Morgan fingerprint density at radius 2 is 1.94 bits per heavy atom. The minimum absolute atomic E-state index is 0.0691. The van der Waals surface area contributed by atoms with Gasteiger partial charge in [-0.2, -0.15) is 0 Å². The fraction of sp³-hybridized carbons (Fsp3) is 0.375. The Kier molecular flexibility index (Phi) is 6.32. The molecule has 0 saturated carbocycles. The Labute approximate surface area is 191 Å². The van der Waals surface area contributed by atoms with Gasteiger partial charge in [-0.3, -0.25) is 19.6 Å². The number of nitrogens with one attached hydrogen (secondary N) is 1. The lowest BCUT2D eigenvalue weighted by Crippen LogP contribution is -2.39. The first kappa shape index (κ1) is 22.1. The molecule has 166 valence electrons. The molecule has 1 aliphatic rings. The quantitative estimate of drug-likeness (QED) is 0.653. The Hall–Kier alpha value is -3.13. The molecule has 4 rings (SSSR count). The minimum Gasteiger partial charge on any atom is -0.354 e. The number of pyridine rings is 2.